The largest absolute Gasteiger partial charge is 0.490 e. The number of nitrogens with one attached hydrogen (secondary N) is 1. The topological polar surface area (TPSA) is 84.9 Å². The summed E-state index contributed by atoms with van der Waals surface area (Å²) in [6.07, 6.45) is 0. The van der Waals surface area contributed by atoms with Gasteiger partial charge in [-0.25, -0.2) is 4.79 Å². The maximum atomic E-state index is 13.0. The lowest BCUT2D eigenvalue weighted by Crippen LogP contribution is -2.16. The first kappa shape index (κ1) is 22.3. The average molecular weight is 399 g/mol. The first-order valence-corrected chi connectivity index (χ1v) is 9.80. The van der Waals surface area contributed by atoms with Crippen LogP contribution in [0.3, 0.4) is 0 Å². The maximum Gasteiger partial charge on any atom is 0.341 e. The molecule has 2 aromatic rings. The molecule has 0 saturated heterocycles. The molecule has 0 fully saturated rings. The average Bonchev–Trinajstić information content (AvgIpc) is 2.66. The summed E-state index contributed by atoms with van der Waals surface area (Å²) >= 11 is 0. The molecule has 6 heteroatoms. The number of anilines is 1. The highest BCUT2D eigenvalue weighted by atomic mass is 16.5. The molecule has 6 nitrogen and oxygen atoms in total. The second kappa shape index (κ2) is 9.96. The molecule has 156 valence electrons. The Kier molecular flexibility index (Phi) is 7.65. The number of ether oxygens (including phenoxy) is 2. The number of carbonyl (C=O) groups is 2. The van der Waals surface area contributed by atoms with E-state index >= 15 is 0 Å². The minimum Gasteiger partial charge on any atom is -0.490 e. The number of amides is 1. The zero-order valence-electron chi connectivity index (χ0n) is 17.6. The van der Waals surface area contributed by atoms with Gasteiger partial charge in [0, 0.05) is 11.3 Å². The van der Waals surface area contributed by atoms with Crippen molar-refractivity contribution >= 4 is 17.6 Å². The highest BCUT2D eigenvalue weighted by Gasteiger charge is 2.18. The van der Waals surface area contributed by atoms with E-state index in [0.29, 0.717) is 17.9 Å². The van der Waals surface area contributed by atoms with Crippen LogP contribution in [0.25, 0.3) is 0 Å². The minimum absolute atomic E-state index is 0.259. The van der Waals surface area contributed by atoms with Gasteiger partial charge in [0.1, 0.15) is 0 Å². The Morgan fingerprint density at radius 1 is 0.966 bits per heavy atom. The Balaban J connectivity index is 2.36. The molecule has 0 aliphatic carbocycles. The lowest BCUT2D eigenvalue weighted by Gasteiger charge is -2.20. The van der Waals surface area contributed by atoms with E-state index in [1.807, 2.05) is 25.1 Å². The number of hydrogen-bond acceptors (Lipinski definition) is 4. The van der Waals surface area contributed by atoms with Crippen molar-refractivity contribution in [3.8, 4) is 11.5 Å². The van der Waals surface area contributed by atoms with E-state index in [4.69, 9.17) is 14.6 Å². The van der Waals surface area contributed by atoms with Crippen LogP contribution in [-0.2, 0) is 4.79 Å². The molecule has 29 heavy (non-hydrogen) atoms. The van der Waals surface area contributed by atoms with Crippen LogP contribution >= 0.6 is 0 Å². The molecule has 0 radical (unpaired) electrons. The quantitative estimate of drug-likeness (QED) is 0.616. The number of carboxylic acids is 1. The first-order chi connectivity index (χ1) is 13.7. The fraction of sp³-hybridized carbons (Fsp3) is 0.391. The SMILES string of the molecule is CCOc1cc(C(=O)Nc2c(C(C)C)cccc2C(C)C)ccc1OCC(=O)O. The minimum atomic E-state index is -1.08. The molecule has 1 amide bonds. The Bertz CT molecular complexity index is 847. The lowest BCUT2D eigenvalue weighted by atomic mass is 9.92. The van der Waals surface area contributed by atoms with Crippen molar-refractivity contribution in [1.29, 1.82) is 0 Å². The van der Waals surface area contributed by atoms with E-state index in [0.717, 1.165) is 16.8 Å². The van der Waals surface area contributed by atoms with Crippen LogP contribution in [-0.4, -0.2) is 30.2 Å². The van der Waals surface area contributed by atoms with Gasteiger partial charge in [0.25, 0.3) is 5.91 Å². The lowest BCUT2D eigenvalue weighted by molar-refractivity contribution is -0.139. The molecule has 0 aliphatic heterocycles. The van der Waals surface area contributed by atoms with Crippen LogP contribution in [0.1, 0.15) is 67.9 Å². The Morgan fingerprint density at radius 3 is 2.10 bits per heavy atom. The van der Waals surface area contributed by atoms with Gasteiger partial charge in [-0.05, 0) is 48.1 Å². The molecular formula is C23H29NO5. The predicted molar refractivity (Wildman–Crippen MR) is 113 cm³/mol. The molecule has 0 aliphatic rings. The van der Waals surface area contributed by atoms with E-state index in [9.17, 15) is 9.59 Å². The molecule has 0 atom stereocenters. The van der Waals surface area contributed by atoms with Crippen molar-refractivity contribution < 1.29 is 24.2 Å². The Morgan fingerprint density at radius 2 is 1.59 bits per heavy atom. The highest BCUT2D eigenvalue weighted by Crippen LogP contribution is 2.34. The van der Waals surface area contributed by atoms with Crippen LogP contribution in [0, 0.1) is 0 Å². The van der Waals surface area contributed by atoms with Gasteiger partial charge < -0.3 is 19.9 Å². The van der Waals surface area contributed by atoms with Crippen molar-refractivity contribution in [2.24, 2.45) is 0 Å². The van der Waals surface area contributed by atoms with Gasteiger partial charge in [-0.3, -0.25) is 4.79 Å². The van der Waals surface area contributed by atoms with Gasteiger partial charge in [-0.1, -0.05) is 45.9 Å². The second-order valence-electron chi connectivity index (χ2n) is 7.35. The van der Waals surface area contributed by atoms with Crippen LogP contribution in [0.4, 0.5) is 5.69 Å². The summed E-state index contributed by atoms with van der Waals surface area (Å²) in [5.41, 5.74) is 3.41. The van der Waals surface area contributed by atoms with Crippen LogP contribution in [0.15, 0.2) is 36.4 Å². The van der Waals surface area contributed by atoms with Gasteiger partial charge in [0.05, 0.1) is 6.61 Å². The molecule has 0 aromatic heterocycles. The van der Waals surface area contributed by atoms with E-state index < -0.39 is 12.6 Å². The number of carboxylic acid groups (broad SMARTS) is 1. The highest BCUT2D eigenvalue weighted by molar-refractivity contribution is 6.05. The standard InChI is InChI=1S/C23H29NO5/c1-6-28-20-12-16(10-11-19(20)29-13-21(25)26)23(27)24-22-17(14(2)3)8-7-9-18(22)15(4)5/h7-12,14-15H,6,13H2,1-5H3,(H,24,27)(H,25,26). The number of hydrogen-bond donors (Lipinski definition) is 2. The summed E-state index contributed by atoms with van der Waals surface area (Å²) in [5, 5.41) is 11.9. The summed E-state index contributed by atoms with van der Waals surface area (Å²) in [6, 6.07) is 10.8. The Labute approximate surface area is 171 Å². The van der Waals surface area contributed by atoms with Crippen molar-refractivity contribution in [3.05, 3.63) is 53.1 Å². The molecule has 0 heterocycles. The third-order valence-corrected chi connectivity index (χ3v) is 4.47. The number of para-hydroxylation sites is 1. The summed E-state index contributed by atoms with van der Waals surface area (Å²) < 4.78 is 10.8. The van der Waals surface area contributed by atoms with E-state index in [2.05, 4.69) is 33.0 Å². The van der Waals surface area contributed by atoms with Crippen LogP contribution < -0.4 is 14.8 Å². The van der Waals surface area contributed by atoms with Crippen LogP contribution in [0.2, 0.25) is 0 Å². The molecule has 0 unspecified atom stereocenters. The van der Waals surface area contributed by atoms with Crippen molar-refractivity contribution in [1.82, 2.24) is 0 Å². The zero-order valence-corrected chi connectivity index (χ0v) is 17.6. The molecule has 2 aromatic carbocycles. The Hall–Kier alpha value is -3.02. The first-order valence-electron chi connectivity index (χ1n) is 9.80. The number of aliphatic carboxylic acids is 1. The summed E-state index contributed by atoms with van der Waals surface area (Å²) in [5.74, 6) is -0.199. The summed E-state index contributed by atoms with van der Waals surface area (Å²) in [6.45, 7) is 10.1. The third-order valence-electron chi connectivity index (χ3n) is 4.47. The third kappa shape index (κ3) is 5.73. The van der Waals surface area contributed by atoms with Gasteiger partial charge in [-0.15, -0.1) is 0 Å². The zero-order chi connectivity index (χ0) is 21.6. The van der Waals surface area contributed by atoms with Crippen molar-refractivity contribution in [2.75, 3.05) is 18.5 Å². The van der Waals surface area contributed by atoms with Gasteiger partial charge in [-0.2, -0.15) is 0 Å². The van der Waals surface area contributed by atoms with Gasteiger partial charge in [0.15, 0.2) is 18.1 Å². The molecule has 2 N–H and O–H groups in total. The van der Waals surface area contributed by atoms with E-state index in [-0.39, 0.29) is 23.5 Å². The van der Waals surface area contributed by atoms with Crippen LogP contribution in [0.5, 0.6) is 11.5 Å². The molecule has 2 rings (SSSR count). The smallest absolute Gasteiger partial charge is 0.341 e. The summed E-state index contributed by atoms with van der Waals surface area (Å²) in [7, 11) is 0. The van der Waals surface area contributed by atoms with Gasteiger partial charge in [0.2, 0.25) is 0 Å². The van der Waals surface area contributed by atoms with Crippen molar-refractivity contribution in [2.45, 2.75) is 46.5 Å². The monoisotopic (exact) mass is 399 g/mol. The normalized spacial score (nSPS) is 10.9. The fourth-order valence-electron chi connectivity index (χ4n) is 3.06. The molecule has 0 bridgehead atoms. The number of rotatable bonds is 9. The van der Waals surface area contributed by atoms with E-state index in [1.54, 1.807) is 18.2 Å². The predicted octanol–water partition coefficient (Wildman–Crippen LogP) is 5.05. The molecule has 0 spiro atoms. The number of benzene rings is 2. The molecule has 0 saturated carbocycles. The van der Waals surface area contributed by atoms with E-state index in [1.165, 1.54) is 0 Å². The second-order valence-corrected chi connectivity index (χ2v) is 7.35. The van der Waals surface area contributed by atoms with Crippen molar-refractivity contribution in [3.63, 3.8) is 0 Å². The maximum absolute atomic E-state index is 13.0. The fourth-order valence-corrected chi connectivity index (χ4v) is 3.06. The summed E-state index contributed by atoms with van der Waals surface area (Å²) in [4.78, 5) is 23.8. The van der Waals surface area contributed by atoms with Gasteiger partial charge >= 0.3 is 5.97 Å². The molecular weight excluding hydrogens is 370 g/mol. The number of carbonyl (C=O) groups excluding carboxylic acids is 1.